The summed E-state index contributed by atoms with van der Waals surface area (Å²) in [6.07, 6.45) is 10.2. The number of rotatable bonds is 8. The smallest absolute Gasteiger partial charge is 0.326 e. The fraction of sp³-hybridized carbons (Fsp3) is 0.714. The molecule has 2 amide bonds. The lowest BCUT2D eigenvalue weighted by molar-refractivity contribution is -0.139. The van der Waals surface area contributed by atoms with E-state index < -0.39 is 18.0 Å². The maximum atomic E-state index is 11.7. The summed E-state index contributed by atoms with van der Waals surface area (Å²) in [5.74, 6) is -0.270. The van der Waals surface area contributed by atoms with E-state index in [2.05, 4.69) is 16.7 Å². The number of hydrogen-bond donors (Lipinski definition) is 3. The van der Waals surface area contributed by atoms with Gasteiger partial charge in [-0.25, -0.2) is 9.59 Å². The molecular weight excluding hydrogens is 276 g/mol. The van der Waals surface area contributed by atoms with Gasteiger partial charge < -0.3 is 15.7 Å². The van der Waals surface area contributed by atoms with Crippen molar-refractivity contribution in [2.24, 2.45) is 0 Å². The van der Waals surface area contributed by atoms with Crippen LogP contribution in [0.2, 0.25) is 0 Å². The molecule has 0 aliphatic heterocycles. The van der Waals surface area contributed by atoms with Crippen LogP contribution in [-0.2, 0) is 4.79 Å². The molecule has 0 bridgehead atoms. The number of carboxylic acids is 1. The number of aliphatic carboxylic acids is 1. The lowest BCUT2D eigenvalue weighted by atomic mass is 9.97. The predicted molar refractivity (Wildman–Crippen MR) is 82.1 cm³/mol. The molecule has 1 aliphatic rings. The Labute approximate surface area is 124 Å². The summed E-state index contributed by atoms with van der Waals surface area (Å²) in [5.41, 5.74) is 1.40. The zero-order valence-electron chi connectivity index (χ0n) is 12.0. The molecule has 0 unspecified atom stereocenters. The molecule has 0 saturated heterocycles. The average molecular weight is 300 g/mol. The first-order valence-corrected chi connectivity index (χ1v) is 8.47. The van der Waals surface area contributed by atoms with E-state index in [9.17, 15) is 9.59 Å². The number of amides is 2. The van der Waals surface area contributed by atoms with Crippen LogP contribution < -0.4 is 10.6 Å². The highest BCUT2D eigenvalue weighted by Crippen LogP contribution is 2.19. The second kappa shape index (κ2) is 9.69. The van der Waals surface area contributed by atoms with E-state index in [1.54, 1.807) is 11.8 Å². The Bertz CT molecular complexity index is 358. The predicted octanol–water partition coefficient (Wildman–Crippen LogP) is 2.38. The summed E-state index contributed by atoms with van der Waals surface area (Å²) in [5, 5.41) is 14.3. The molecule has 0 saturated carbocycles. The van der Waals surface area contributed by atoms with Crippen LogP contribution in [-0.4, -0.2) is 41.7 Å². The minimum atomic E-state index is -0.982. The van der Waals surface area contributed by atoms with Crippen LogP contribution in [0.1, 0.15) is 38.5 Å². The molecule has 114 valence electrons. The van der Waals surface area contributed by atoms with E-state index in [1.165, 1.54) is 18.4 Å². The third kappa shape index (κ3) is 6.84. The molecule has 5 nitrogen and oxygen atoms in total. The van der Waals surface area contributed by atoms with Crippen molar-refractivity contribution in [3.05, 3.63) is 11.6 Å². The Kier molecular flexibility index (Phi) is 8.18. The first kappa shape index (κ1) is 16.9. The third-order valence-electron chi connectivity index (χ3n) is 3.33. The van der Waals surface area contributed by atoms with Crippen molar-refractivity contribution in [1.29, 1.82) is 0 Å². The number of carbonyl (C=O) groups is 2. The zero-order valence-corrected chi connectivity index (χ0v) is 12.8. The Morgan fingerprint density at radius 3 is 2.85 bits per heavy atom. The van der Waals surface area contributed by atoms with Gasteiger partial charge in [0, 0.05) is 6.54 Å². The van der Waals surface area contributed by atoms with Crippen LogP contribution in [0.5, 0.6) is 0 Å². The number of thioether (sulfide) groups is 1. The maximum absolute atomic E-state index is 11.7. The number of carboxylic acid groups (broad SMARTS) is 1. The summed E-state index contributed by atoms with van der Waals surface area (Å²) in [6.45, 7) is 0.562. The number of nitrogens with one attached hydrogen (secondary N) is 2. The molecule has 3 N–H and O–H groups in total. The van der Waals surface area contributed by atoms with Crippen molar-refractivity contribution in [3.8, 4) is 0 Å². The van der Waals surface area contributed by atoms with Crippen molar-refractivity contribution in [1.82, 2.24) is 10.6 Å². The SMILES string of the molecule is CSCC[C@@H](NC(=O)NCCC1=CCCCC1)C(=O)O. The molecule has 1 rings (SSSR count). The maximum Gasteiger partial charge on any atom is 0.326 e. The van der Waals surface area contributed by atoms with Crippen LogP contribution >= 0.6 is 11.8 Å². The quantitative estimate of drug-likeness (QED) is 0.601. The normalized spacial score (nSPS) is 16.1. The van der Waals surface area contributed by atoms with E-state index in [1.807, 2.05) is 6.26 Å². The molecule has 0 spiro atoms. The molecule has 1 aliphatic carbocycles. The zero-order chi connectivity index (χ0) is 14.8. The molecule has 0 aromatic rings. The standard InChI is InChI=1S/C14H24N2O3S/c1-20-10-8-12(13(17)18)16-14(19)15-9-7-11-5-3-2-4-6-11/h5,12H,2-4,6-10H2,1H3,(H,17,18)(H2,15,16,19)/t12-/m1/s1. The Hall–Kier alpha value is -1.17. The first-order chi connectivity index (χ1) is 9.63. The summed E-state index contributed by atoms with van der Waals surface area (Å²) in [4.78, 5) is 22.7. The van der Waals surface area contributed by atoms with E-state index in [0.717, 1.165) is 19.3 Å². The van der Waals surface area contributed by atoms with Crippen LogP contribution in [0.25, 0.3) is 0 Å². The molecule has 0 fully saturated rings. The van der Waals surface area contributed by atoms with Crippen molar-refractivity contribution in [3.63, 3.8) is 0 Å². The number of hydrogen-bond acceptors (Lipinski definition) is 3. The Morgan fingerprint density at radius 2 is 2.25 bits per heavy atom. The molecule has 1 atom stereocenters. The monoisotopic (exact) mass is 300 g/mol. The van der Waals surface area contributed by atoms with Gasteiger partial charge in [0.1, 0.15) is 6.04 Å². The van der Waals surface area contributed by atoms with Gasteiger partial charge in [-0.3, -0.25) is 0 Å². The van der Waals surface area contributed by atoms with Gasteiger partial charge in [0.15, 0.2) is 0 Å². The number of urea groups is 1. The van der Waals surface area contributed by atoms with Gasteiger partial charge in [-0.2, -0.15) is 11.8 Å². The van der Waals surface area contributed by atoms with Gasteiger partial charge in [-0.05, 0) is 50.5 Å². The number of carbonyl (C=O) groups excluding carboxylic acids is 1. The lowest BCUT2D eigenvalue weighted by Gasteiger charge is -2.16. The average Bonchev–Trinajstić information content (AvgIpc) is 2.44. The fourth-order valence-corrected chi connectivity index (χ4v) is 2.64. The molecule has 0 radical (unpaired) electrons. The van der Waals surface area contributed by atoms with E-state index >= 15 is 0 Å². The van der Waals surface area contributed by atoms with Gasteiger partial charge in [0.2, 0.25) is 0 Å². The Balaban J connectivity index is 2.23. The van der Waals surface area contributed by atoms with E-state index in [-0.39, 0.29) is 0 Å². The molecule has 0 heterocycles. The van der Waals surface area contributed by atoms with Crippen LogP contribution in [0.4, 0.5) is 4.79 Å². The van der Waals surface area contributed by atoms with Gasteiger partial charge in [-0.1, -0.05) is 11.6 Å². The highest BCUT2D eigenvalue weighted by Gasteiger charge is 2.18. The molecule has 20 heavy (non-hydrogen) atoms. The highest BCUT2D eigenvalue weighted by atomic mass is 32.2. The third-order valence-corrected chi connectivity index (χ3v) is 3.97. The van der Waals surface area contributed by atoms with Gasteiger partial charge >= 0.3 is 12.0 Å². The largest absolute Gasteiger partial charge is 0.480 e. The second-order valence-corrected chi connectivity index (χ2v) is 5.92. The first-order valence-electron chi connectivity index (χ1n) is 7.07. The summed E-state index contributed by atoms with van der Waals surface area (Å²) < 4.78 is 0. The number of allylic oxidation sites excluding steroid dienone is 1. The summed E-state index contributed by atoms with van der Waals surface area (Å²) in [7, 11) is 0. The Morgan fingerprint density at radius 1 is 1.45 bits per heavy atom. The van der Waals surface area contributed by atoms with Gasteiger partial charge in [0.25, 0.3) is 0 Å². The minimum absolute atomic E-state index is 0.394. The van der Waals surface area contributed by atoms with Crippen molar-refractivity contribution in [2.75, 3.05) is 18.6 Å². The van der Waals surface area contributed by atoms with Gasteiger partial charge in [-0.15, -0.1) is 0 Å². The van der Waals surface area contributed by atoms with E-state index in [0.29, 0.717) is 18.7 Å². The summed E-state index contributed by atoms with van der Waals surface area (Å²) >= 11 is 1.57. The van der Waals surface area contributed by atoms with Crippen molar-refractivity contribution in [2.45, 2.75) is 44.6 Å². The van der Waals surface area contributed by atoms with Crippen LogP contribution in [0, 0.1) is 0 Å². The molecule has 0 aromatic carbocycles. The topological polar surface area (TPSA) is 78.4 Å². The lowest BCUT2D eigenvalue weighted by Crippen LogP contribution is -2.46. The van der Waals surface area contributed by atoms with Crippen LogP contribution in [0.15, 0.2) is 11.6 Å². The van der Waals surface area contributed by atoms with Crippen LogP contribution in [0.3, 0.4) is 0 Å². The second-order valence-electron chi connectivity index (χ2n) is 4.93. The fourth-order valence-electron chi connectivity index (χ4n) is 2.17. The molecule has 6 heteroatoms. The van der Waals surface area contributed by atoms with Crippen molar-refractivity contribution < 1.29 is 14.7 Å². The van der Waals surface area contributed by atoms with Crippen molar-refractivity contribution >= 4 is 23.8 Å². The molecular formula is C14H24N2O3S. The summed E-state index contributed by atoms with van der Waals surface area (Å²) in [6, 6.07) is -1.20. The molecule has 0 aromatic heterocycles. The van der Waals surface area contributed by atoms with E-state index in [4.69, 9.17) is 5.11 Å². The minimum Gasteiger partial charge on any atom is -0.480 e. The van der Waals surface area contributed by atoms with Gasteiger partial charge in [0.05, 0.1) is 0 Å². The highest BCUT2D eigenvalue weighted by molar-refractivity contribution is 7.98.